The largest absolute Gasteiger partial charge is 0.323 e. The number of benzene rings is 1. The number of hydrogen-bond acceptors (Lipinski definition) is 5. The molecule has 0 radical (unpaired) electrons. The Morgan fingerprint density at radius 1 is 1.48 bits per heavy atom. The Balaban J connectivity index is 2.82. The Hall–Kier alpha value is -0.960. The number of carbonyl (C=O) groups is 1. The fourth-order valence-electron chi connectivity index (χ4n) is 1.50. The van der Waals surface area contributed by atoms with Gasteiger partial charge in [-0.25, -0.2) is 8.42 Å². The molecule has 0 aliphatic heterocycles. The van der Waals surface area contributed by atoms with E-state index in [1.807, 2.05) is 6.26 Å². The number of hydrogen-bond donors (Lipinski definition) is 3. The summed E-state index contributed by atoms with van der Waals surface area (Å²) in [4.78, 5) is 11.9. The minimum Gasteiger partial charge on any atom is -0.323 e. The fraction of sp³-hybridized carbons (Fsp3) is 0.417. The van der Waals surface area contributed by atoms with Crippen LogP contribution in [0.4, 0.5) is 11.4 Å². The van der Waals surface area contributed by atoms with E-state index in [0.717, 1.165) is 12.0 Å². The molecule has 1 rings (SSSR count). The molecule has 21 heavy (non-hydrogen) atoms. The minimum absolute atomic E-state index is 0.305. The summed E-state index contributed by atoms with van der Waals surface area (Å²) in [5.41, 5.74) is 6.39. The molecule has 1 amide bonds. The van der Waals surface area contributed by atoms with Gasteiger partial charge in [-0.3, -0.25) is 9.52 Å². The molecule has 0 unspecified atom stereocenters. The van der Waals surface area contributed by atoms with E-state index < -0.39 is 16.1 Å². The Morgan fingerprint density at radius 3 is 2.71 bits per heavy atom. The summed E-state index contributed by atoms with van der Waals surface area (Å²) in [5.74, 6) is 0.417. The summed E-state index contributed by atoms with van der Waals surface area (Å²) in [6.07, 6.45) is 3.52. The van der Waals surface area contributed by atoms with Gasteiger partial charge in [0, 0.05) is 0 Å². The van der Waals surface area contributed by atoms with Crippen molar-refractivity contribution in [3.05, 3.63) is 23.2 Å². The van der Waals surface area contributed by atoms with Crippen LogP contribution in [0.25, 0.3) is 0 Å². The van der Waals surface area contributed by atoms with E-state index in [1.54, 1.807) is 11.8 Å². The number of carbonyl (C=O) groups excluding carboxylic acids is 1. The molecule has 1 atom stereocenters. The Morgan fingerprint density at radius 2 is 2.14 bits per heavy atom. The van der Waals surface area contributed by atoms with Gasteiger partial charge in [0.1, 0.15) is 0 Å². The SMILES string of the molecule is CSCC[C@@H](N)C(=O)Nc1cc(NS(C)(=O)=O)ccc1Cl. The summed E-state index contributed by atoms with van der Waals surface area (Å²) < 4.78 is 24.7. The molecule has 0 spiro atoms. The molecule has 0 aliphatic carbocycles. The summed E-state index contributed by atoms with van der Waals surface area (Å²) in [5, 5.41) is 2.91. The highest BCUT2D eigenvalue weighted by Gasteiger charge is 2.15. The average Bonchev–Trinajstić information content (AvgIpc) is 2.38. The third-order valence-corrected chi connectivity index (χ3v) is 4.08. The van der Waals surface area contributed by atoms with E-state index >= 15 is 0 Å². The summed E-state index contributed by atoms with van der Waals surface area (Å²) in [6.45, 7) is 0. The lowest BCUT2D eigenvalue weighted by Gasteiger charge is -2.14. The van der Waals surface area contributed by atoms with Gasteiger partial charge in [-0.1, -0.05) is 11.6 Å². The van der Waals surface area contributed by atoms with Crippen molar-refractivity contribution < 1.29 is 13.2 Å². The van der Waals surface area contributed by atoms with Crippen LogP contribution in [-0.4, -0.2) is 38.6 Å². The van der Waals surface area contributed by atoms with E-state index in [0.29, 0.717) is 22.8 Å². The third kappa shape index (κ3) is 6.56. The molecule has 4 N–H and O–H groups in total. The molecule has 0 bridgehead atoms. The van der Waals surface area contributed by atoms with Gasteiger partial charge in [-0.05, 0) is 36.6 Å². The van der Waals surface area contributed by atoms with Crippen molar-refractivity contribution in [3.8, 4) is 0 Å². The minimum atomic E-state index is -3.40. The predicted octanol–water partition coefficient (Wildman–Crippen LogP) is 1.73. The second-order valence-corrected chi connectivity index (χ2v) is 7.59. The third-order valence-electron chi connectivity index (χ3n) is 2.50. The zero-order chi connectivity index (χ0) is 16.0. The van der Waals surface area contributed by atoms with Crippen LogP contribution in [0.3, 0.4) is 0 Å². The molecular formula is C12H18ClN3O3S2. The average molecular weight is 352 g/mol. The van der Waals surface area contributed by atoms with Crippen LogP contribution in [-0.2, 0) is 14.8 Å². The lowest BCUT2D eigenvalue weighted by molar-refractivity contribution is -0.117. The Kier molecular flexibility index (Phi) is 6.79. The van der Waals surface area contributed by atoms with Gasteiger partial charge in [0.05, 0.1) is 28.7 Å². The molecule has 118 valence electrons. The normalized spacial score (nSPS) is 12.8. The van der Waals surface area contributed by atoms with Crippen molar-refractivity contribution in [1.82, 2.24) is 0 Å². The zero-order valence-corrected chi connectivity index (χ0v) is 14.1. The summed E-state index contributed by atoms with van der Waals surface area (Å²) in [7, 11) is -3.40. The summed E-state index contributed by atoms with van der Waals surface area (Å²) in [6, 6.07) is 3.81. The molecule has 0 heterocycles. The molecule has 0 aliphatic rings. The standard InChI is InChI=1S/C12H18ClN3O3S2/c1-20-6-5-10(14)12(17)15-11-7-8(3-4-9(11)13)16-21(2,18)19/h3-4,7,10,16H,5-6,14H2,1-2H3,(H,15,17)/t10-/m1/s1. The summed E-state index contributed by atoms with van der Waals surface area (Å²) >= 11 is 7.59. The van der Waals surface area contributed by atoms with Gasteiger partial charge < -0.3 is 11.1 Å². The molecule has 1 aromatic rings. The number of halogens is 1. The van der Waals surface area contributed by atoms with Crippen molar-refractivity contribution >= 4 is 50.7 Å². The number of thioether (sulfide) groups is 1. The monoisotopic (exact) mass is 351 g/mol. The maximum atomic E-state index is 11.9. The van der Waals surface area contributed by atoms with E-state index in [1.165, 1.54) is 18.2 Å². The molecule has 0 aromatic heterocycles. The predicted molar refractivity (Wildman–Crippen MR) is 89.5 cm³/mol. The number of nitrogens with one attached hydrogen (secondary N) is 2. The van der Waals surface area contributed by atoms with Crippen LogP contribution in [0.1, 0.15) is 6.42 Å². The van der Waals surface area contributed by atoms with Crippen LogP contribution < -0.4 is 15.8 Å². The van der Waals surface area contributed by atoms with Gasteiger partial charge in [0.15, 0.2) is 0 Å². The number of rotatable bonds is 7. The molecule has 1 aromatic carbocycles. The van der Waals surface area contributed by atoms with Crippen molar-refractivity contribution in [1.29, 1.82) is 0 Å². The lowest BCUT2D eigenvalue weighted by Crippen LogP contribution is -2.36. The smallest absolute Gasteiger partial charge is 0.241 e. The van der Waals surface area contributed by atoms with Crippen LogP contribution in [0.2, 0.25) is 5.02 Å². The second-order valence-electron chi connectivity index (χ2n) is 4.45. The molecule has 6 nitrogen and oxygen atoms in total. The number of nitrogens with two attached hydrogens (primary N) is 1. The molecule has 0 fully saturated rings. The Bertz CT molecular complexity index is 608. The molecular weight excluding hydrogens is 334 g/mol. The Labute approximate surface area is 133 Å². The van der Waals surface area contributed by atoms with E-state index in [2.05, 4.69) is 10.0 Å². The first-order chi connectivity index (χ1) is 9.73. The first kappa shape index (κ1) is 18.1. The highest BCUT2D eigenvalue weighted by atomic mass is 35.5. The maximum absolute atomic E-state index is 11.9. The van der Waals surface area contributed by atoms with Gasteiger partial charge in [-0.15, -0.1) is 0 Å². The van der Waals surface area contributed by atoms with E-state index in [4.69, 9.17) is 17.3 Å². The van der Waals surface area contributed by atoms with Gasteiger partial charge in [-0.2, -0.15) is 11.8 Å². The van der Waals surface area contributed by atoms with Crippen LogP contribution in [0.15, 0.2) is 18.2 Å². The fourth-order valence-corrected chi connectivity index (χ4v) is 2.71. The lowest BCUT2D eigenvalue weighted by atomic mass is 10.2. The number of anilines is 2. The van der Waals surface area contributed by atoms with E-state index in [-0.39, 0.29) is 5.91 Å². The highest BCUT2D eigenvalue weighted by molar-refractivity contribution is 7.98. The van der Waals surface area contributed by atoms with Crippen molar-refractivity contribution in [2.45, 2.75) is 12.5 Å². The quantitative estimate of drug-likeness (QED) is 0.694. The molecule has 0 saturated heterocycles. The first-order valence-corrected chi connectivity index (χ1v) is 9.72. The van der Waals surface area contributed by atoms with Gasteiger partial charge in [0.25, 0.3) is 0 Å². The van der Waals surface area contributed by atoms with Crippen molar-refractivity contribution in [3.63, 3.8) is 0 Å². The zero-order valence-electron chi connectivity index (χ0n) is 11.7. The second kappa shape index (κ2) is 7.88. The van der Waals surface area contributed by atoms with Gasteiger partial charge >= 0.3 is 0 Å². The molecule has 0 saturated carbocycles. The van der Waals surface area contributed by atoms with Crippen molar-refractivity contribution in [2.75, 3.05) is 28.3 Å². The van der Waals surface area contributed by atoms with Gasteiger partial charge in [0.2, 0.25) is 15.9 Å². The number of sulfonamides is 1. The number of amides is 1. The van der Waals surface area contributed by atoms with Crippen molar-refractivity contribution in [2.24, 2.45) is 5.73 Å². The van der Waals surface area contributed by atoms with Crippen LogP contribution >= 0.6 is 23.4 Å². The maximum Gasteiger partial charge on any atom is 0.241 e. The van der Waals surface area contributed by atoms with Crippen LogP contribution in [0, 0.1) is 0 Å². The van der Waals surface area contributed by atoms with Crippen LogP contribution in [0.5, 0.6) is 0 Å². The topological polar surface area (TPSA) is 101 Å². The molecule has 9 heteroatoms. The highest BCUT2D eigenvalue weighted by Crippen LogP contribution is 2.26. The first-order valence-electron chi connectivity index (χ1n) is 6.05. The van der Waals surface area contributed by atoms with E-state index in [9.17, 15) is 13.2 Å².